The first kappa shape index (κ1) is 14.8. The van der Waals surface area contributed by atoms with Gasteiger partial charge in [-0.1, -0.05) is 41.5 Å². The van der Waals surface area contributed by atoms with Gasteiger partial charge >= 0.3 is 5.97 Å². The summed E-state index contributed by atoms with van der Waals surface area (Å²) >= 11 is 0. The average molecular weight is 296 g/mol. The van der Waals surface area contributed by atoms with Gasteiger partial charge in [0.1, 0.15) is 0 Å². The number of fused-ring (bicyclic) bond motifs is 3. The molecule has 0 amide bonds. The summed E-state index contributed by atoms with van der Waals surface area (Å²) in [6.45, 7) is 7.88. The summed E-state index contributed by atoms with van der Waals surface area (Å²) in [6, 6.07) is 9.85. The Bertz CT molecular complexity index is 776. The van der Waals surface area contributed by atoms with Gasteiger partial charge in [0.2, 0.25) is 5.60 Å². The van der Waals surface area contributed by atoms with Crippen molar-refractivity contribution in [3.63, 3.8) is 0 Å². The molecular formula is C19H20O3. The molecule has 3 heteroatoms. The Morgan fingerprint density at radius 3 is 2.50 bits per heavy atom. The lowest BCUT2D eigenvalue weighted by molar-refractivity contribution is -0.161. The number of rotatable bonds is 2. The van der Waals surface area contributed by atoms with Crippen molar-refractivity contribution < 1.29 is 14.6 Å². The molecule has 0 bridgehead atoms. The second kappa shape index (κ2) is 4.96. The van der Waals surface area contributed by atoms with Crippen LogP contribution in [0.2, 0.25) is 0 Å². The summed E-state index contributed by atoms with van der Waals surface area (Å²) in [5.41, 5.74) is 4.39. The van der Waals surface area contributed by atoms with E-state index in [9.17, 15) is 9.90 Å². The topological polar surface area (TPSA) is 46.5 Å². The van der Waals surface area contributed by atoms with E-state index in [0.717, 1.165) is 27.8 Å². The number of hydrogen-bond donors (Lipinski definition) is 1. The molecule has 0 fully saturated rings. The lowest BCUT2D eigenvalue weighted by Gasteiger charge is -2.25. The highest BCUT2D eigenvalue weighted by Gasteiger charge is 2.50. The molecule has 0 aromatic heterocycles. The van der Waals surface area contributed by atoms with Gasteiger partial charge in [-0.3, -0.25) is 0 Å². The zero-order chi connectivity index (χ0) is 16.1. The fourth-order valence-electron chi connectivity index (χ4n) is 3.43. The molecular weight excluding hydrogens is 276 g/mol. The zero-order valence-electron chi connectivity index (χ0n) is 13.4. The predicted octanol–water partition coefficient (Wildman–Crippen LogP) is 3.39. The lowest BCUT2D eigenvalue weighted by atomic mass is 9.87. The van der Waals surface area contributed by atoms with Crippen LogP contribution < -0.4 is 0 Å². The molecule has 1 aliphatic rings. The van der Waals surface area contributed by atoms with Crippen LogP contribution in [0.25, 0.3) is 11.1 Å². The Hall–Kier alpha value is -2.13. The maximum Gasteiger partial charge on any atom is 0.347 e. The van der Waals surface area contributed by atoms with Gasteiger partial charge in [-0.25, -0.2) is 4.79 Å². The Labute approximate surface area is 130 Å². The van der Waals surface area contributed by atoms with Crippen LogP contribution >= 0.6 is 0 Å². The minimum Gasteiger partial charge on any atom is -0.463 e. The quantitative estimate of drug-likeness (QED) is 0.864. The maximum atomic E-state index is 12.6. The second-order valence-electron chi connectivity index (χ2n) is 5.98. The third-order valence-electron chi connectivity index (χ3n) is 4.27. The highest BCUT2D eigenvalue weighted by molar-refractivity contribution is 5.97. The van der Waals surface area contributed by atoms with Crippen molar-refractivity contribution in [2.75, 3.05) is 6.61 Å². The Morgan fingerprint density at radius 1 is 1.09 bits per heavy atom. The minimum atomic E-state index is -1.72. The molecule has 0 spiro atoms. The van der Waals surface area contributed by atoms with Crippen LogP contribution in [0.1, 0.15) is 34.7 Å². The molecule has 114 valence electrons. The van der Waals surface area contributed by atoms with Crippen LogP contribution in [0.15, 0.2) is 30.3 Å². The number of aliphatic hydroxyl groups is 1. The molecule has 2 aromatic rings. The minimum absolute atomic E-state index is 0.239. The summed E-state index contributed by atoms with van der Waals surface area (Å²) in [5.74, 6) is -0.604. The van der Waals surface area contributed by atoms with E-state index in [1.54, 1.807) is 6.92 Å². The summed E-state index contributed by atoms with van der Waals surface area (Å²) in [7, 11) is 0. The molecule has 1 N–H and O–H groups in total. The largest absolute Gasteiger partial charge is 0.463 e. The normalized spacial score (nSPS) is 18.8. The molecule has 1 atom stereocenters. The monoisotopic (exact) mass is 296 g/mol. The lowest BCUT2D eigenvalue weighted by Crippen LogP contribution is -2.37. The average Bonchev–Trinajstić information content (AvgIpc) is 2.69. The van der Waals surface area contributed by atoms with Crippen molar-refractivity contribution in [1.29, 1.82) is 0 Å². The number of hydrogen-bond acceptors (Lipinski definition) is 3. The van der Waals surface area contributed by atoms with Crippen molar-refractivity contribution in [3.05, 3.63) is 58.1 Å². The zero-order valence-corrected chi connectivity index (χ0v) is 13.4. The first-order chi connectivity index (χ1) is 10.4. The van der Waals surface area contributed by atoms with E-state index in [4.69, 9.17) is 4.74 Å². The van der Waals surface area contributed by atoms with Crippen molar-refractivity contribution >= 4 is 5.97 Å². The summed E-state index contributed by atoms with van der Waals surface area (Å²) in [6.07, 6.45) is 0. The van der Waals surface area contributed by atoms with Crippen molar-refractivity contribution in [1.82, 2.24) is 0 Å². The highest BCUT2D eigenvalue weighted by atomic mass is 16.5. The molecule has 0 heterocycles. The van der Waals surface area contributed by atoms with Crippen LogP contribution in [0.4, 0.5) is 0 Å². The number of carbonyl (C=O) groups is 1. The van der Waals surface area contributed by atoms with E-state index in [-0.39, 0.29) is 6.61 Å². The second-order valence-corrected chi connectivity index (χ2v) is 5.98. The number of benzene rings is 2. The summed E-state index contributed by atoms with van der Waals surface area (Å²) < 4.78 is 5.18. The Morgan fingerprint density at radius 2 is 1.82 bits per heavy atom. The van der Waals surface area contributed by atoms with Gasteiger partial charge in [0.25, 0.3) is 0 Å². The molecule has 3 rings (SSSR count). The third-order valence-corrected chi connectivity index (χ3v) is 4.27. The molecule has 0 saturated carbocycles. The van der Waals surface area contributed by atoms with Crippen LogP contribution in [-0.2, 0) is 15.1 Å². The van der Waals surface area contributed by atoms with Crippen LogP contribution in [0.5, 0.6) is 0 Å². The van der Waals surface area contributed by atoms with Crippen molar-refractivity contribution in [2.45, 2.75) is 33.3 Å². The van der Waals surface area contributed by atoms with Crippen LogP contribution in [0, 0.1) is 20.8 Å². The smallest absolute Gasteiger partial charge is 0.347 e. The number of carbonyl (C=O) groups excluding carboxylic acids is 1. The molecule has 3 nitrogen and oxygen atoms in total. The molecule has 22 heavy (non-hydrogen) atoms. The van der Waals surface area contributed by atoms with Gasteiger partial charge in [-0.05, 0) is 44.4 Å². The van der Waals surface area contributed by atoms with Gasteiger partial charge in [0, 0.05) is 11.1 Å². The highest BCUT2D eigenvalue weighted by Crippen LogP contribution is 2.50. The van der Waals surface area contributed by atoms with Gasteiger partial charge < -0.3 is 9.84 Å². The first-order valence-electron chi connectivity index (χ1n) is 7.52. The molecule has 0 aliphatic heterocycles. The van der Waals surface area contributed by atoms with E-state index < -0.39 is 11.6 Å². The molecule has 1 aliphatic carbocycles. The van der Waals surface area contributed by atoms with Gasteiger partial charge in [-0.15, -0.1) is 0 Å². The number of ether oxygens (including phenoxy) is 1. The predicted molar refractivity (Wildman–Crippen MR) is 85.7 cm³/mol. The third kappa shape index (κ3) is 1.89. The standard InChI is InChI=1S/C19H20O3/c1-5-22-18(20)19(21)16-10-11(2)6-7-14(16)15-9-12(3)8-13(4)17(15)19/h6-10,21H,5H2,1-4H3. The van der Waals surface area contributed by atoms with Crippen molar-refractivity contribution in [2.24, 2.45) is 0 Å². The SMILES string of the molecule is CCOC(=O)C1(O)c2cc(C)ccc2-c2cc(C)cc(C)c21. The first-order valence-corrected chi connectivity index (χ1v) is 7.52. The maximum absolute atomic E-state index is 12.6. The van der Waals surface area contributed by atoms with E-state index >= 15 is 0 Å². The molecule has 1 unspecified atom stereocenters. The fraction of sp³-hybridized carbons (Fsp3) is 0.316. The van der Waals surface area contributed by atoms with E-state index in [0.29, 0.717) is 11.1 Å². The van der Waals surface area contributed by atoms with Crippen LogP contribution in [0.3, 0.4) is 0 Å². The van der Waals surface area contributed by atoms with E-state index in [1.807, 2.05) is 51.1 Å². The Balaban J connectivity index is 2.37. The van der Waals surface area contributed by atoms with E-state index in [2.05, 4.69) is 0 Å². The van der Waals surface area contributed by atoms with Crippen molar-refractivity contribution in [3.8, 4) is 11.1 Å². The number of esters is 1. The van der Waals surface area contributed by atoms with Crippen LogP contribution in [-0.4, -0.2) is 17.7 Å². The number of aryl methyl sites for hydroxylation is 3. The fourth-order valence-corrected chi connectivity index (χ4v) is 3.43. The Kier molecular flexibility index (Phi) is 3.33. The molecule has 2 aromatic carbocycles. The summed E-state index contributed by atoms with van der Waals surface area (Å²) in [5, 5.41) is 11.3. The molecule has 0 saturated heterocycles. The van der Waals surface area contributed by atoms with Gasteiger partial charge in [-0.2, -0.15) is 0 Å². The molecule has 0 radical (unpaired) electrons. The van der Waals surface area contributed by atoms with Gasteiger partial charge in [0.05, 0.1) is 6.61 Å². The summed E-state index contributed by atoms with van der Waals surface area (Å²) in [4.78, 5) is 12.6. The van der Waals surface area contributed by atoms with Gasteiger partial charge in [0.15, 0.2) is 0 Å². The van der Waals surface area contributed by atoms with E-state index in [1.165, 1.54) is 0 Å².